The lowest BCUT2D eigenvalue weighted by molar-refractivity contribution is -0.156. The lowest BCUT2D eigenvalue weighted by atomic mass is 9.89. The third-order valence-corrected chi connectivity index (χ3v) is 6.16. The molecule has 0 aliphatic carbocycles. The second-order valence-electron chi connectivity index (χ2n) is 8.21. The van der Waals surface area contributed by atoms with Gasteiger partial charge in [-0.25, -0.2) is 0 Å². The predicted molar refractivity (Wildman–Crippen MR) is 115 cm³/mol. The van der Waals surface area contributed by atoms with Gasteiger partial charge in [0.1, 0.15) is 23.9 Å². The molecule has 0 bridgehead atoms. The van der Waals surface area contributed by atoms with Crippen molar-refractivity contribution in [3.63, 3.8) is 0 Å². The molecular formula is C22H24ClN3O6. The molecule has 2 unspecified atom stereocenters. The molecule has 3 heterocycles. The number of hydrogen-bond acceptors (Lipinski definition) is 7. The van der Waals surface area contributed by atoms with Crippen LogP contribution < -0.4 is 10.6 Å². The highest BCUT2D eigenvalue weighted by Crippen LogP contribution is 2.28. The topological polar surface area (TPSA) is 125 Å². The molecule has 2 fully saturated rings. The van der Waals surface area contributed by atoms with Crippen LogP contribution in [0.25, 0.3) is 0 Å². The summed E-state index contributed by atoms with van der Waals surface area (Å²) >= 11 is 5.94. The maximum Gasteiger partial charge on any atom is 0.310 e. The van der Waals surface area contributed by atoms with Crippen molar-refractivity contribution < 1.29 is 29.0 Å². The monoisotopic (exact) mass is 461 g/mol. The van der Waals surface area contributed by atoms with E-state index in [0.29, 0.717) is 23.6 Å². The second-order valence-corrected chi connectivity index (χ2v) is 8.64. The van der Waals surface area contributed by atoms with Gasteiger partial charge < -0.3 is 25.4 Å². The first-order valence-corrected chi connectivity index (χ1v) is 10.9. The Morgan fingerprint density at radius 1 is 1.06 bits per heavy atom. The van der Waals surface area contributed by atoms with Crippen LogP contribution in [0, 0.1) is 0 Å². The Morgan fingerprint density at radius 3 is 2.47 bits per heavy atom. The van der Waals surface area contributed by atoms with E-state index in [9.17, 15) is 24.3 Å². The molecule has 3 aliphatic rings. The van der Waals surface area contributed by atoms with Gasteiger partial charge >= 0.3 is 5.97 Å². The number of halogens is 1. The number of hydrogen-bond donors (Lipinski definition) is 3. The Hall–Kier alpha value is -2.91. The number of fused-ring (bicyclic) bond motifs is 1. The van der Waals surface area contributed by atoms with Crippen LogP contribution in [0.5, 0.6) is 0 Å². The van der Waals surface area contributed by atoms with E-state index in [2.05, 4.69) is 15.4 Å². The van der Waals surface area contributed by atoms with Crippen molar-refractivity contribution in [2.75, 3.05) is 5.32 Å². The normalized spacial score (nSPS) is 30.2. The van der Waals surface area contributed by atoms with E-state index in [0.717, 1.165) is 0 Å². The van der Waals surface area contributed by atoms with Gasteiger partial charge in [0, 0.05) is 29.6 Å². The quantitative estimate of drug-likeness (QED) is 0.453. The van der Waals surface area contributed by atoms with Crippen LogP contribution in [0.3, 0.4) is 0 Å². The first-order valence-electron chi connectivity index (χ1n) is 10.5. The van der Waals surface area contributed by atoms with Crippen molar-refractivity contribution in [3.05, 3.63) is 41.4 Å². The van der Waals surface area contributed by atoms with Gasteiger partial charge in [0.2, 0.25) is 18.1 Å². The molecule has 3 aliphatic heterocycles. The van der Waals surface area contributed by atoms with Crippen molar-refractivity contribution in [1.82, 2.24) is 10.2 Å². The average molecular weight is 462 g/mol. The average Bonchev–Trinajstić information content (AvgIpc) is 3.06. The maximum absolute atomic E-state index is 13.6. The summed E-state index contributed by atoms with van der Waals surface area (Å²) in [6, 6.07) is 3.91. The van der Waals surface area contributed by atoms with Gasteiger partial charge in [-0.05, 0) is 37.1 Å². The van der Waals surface area contributed by atoms with E-state index in [1.807, 2.05) is 12.2 Å². The first-order chi connectivity index (χ1) is 15.3. The number of nitrogens with one attached hydrogen (secondary N) is 2. The lowest BCUT2D eigenvalue weighted by Gasteiger charge is -2.43. The van der Waals surface area contributed by atoms with Crippen LogP contribution in [0.15, 0.2) is 36.4 Å². The molecule has 3 N–H and O–H groups in total. The number of cyclic esters (lactones) is 1. The minimum Gasteiger partial charge on any atom is -0.434 e. The molecule has 0 aromatic heterocycles. The largest absolute Gasteiger partial charge is 0.434 e. The van der Waals surface area contributed by atoms with Gasteiger partial charge in [0.25, 0.3) is 0 Å². The van der Waals surface area contributed by atoms with Gasteiger partial charge in [-0.2, -0.15) is 0 Å². The van der Waals surface area contributed by atoms with Crippen LogP contribution in [-0.4, -0.2) is 64.0 Å². The van der Waals surface area contributed by atoms with E-state index in [1.54, 1.807) is 24.3 Å². The van der Waals surface area contributed by atoms with Gasteiger partial charge in [-0.1, -0.05) is 23.8 Å². The van der Waals surface area contributed by atoms with Crippen molar-refractivity contribution in [2.24, 2.45) is 0 Å². The Morgan fingerprint density at radius 2 is 1.78 bits per heavy atom. The van der Waals surface area contributed by atoms with E-state index in [4.69, 9.17) is 11.6 Å². The molecule has 1 aromatic carbocycles. The number of piperidine rings is 1. The summed E-state index contributed by atoms with van der Waals surface area (Å²) in [4.78, 5) is 51.9. The number of anilines is 1. The molecule has 1 aromatic rings. The predicted octanol–water partition coefficient (Wildman–Crippen LogP) is 1.15. The summed E-state index contributed by atoms with van der Waals surface area (Å²) in [5.41, 5.74) is 0.706. The smallest absolute Gasteiger partial charge is 0.310 e. The van der Waals surface area contributed by atoms with E-state index in [-0.39, 0.29) is 31.0 Å². The summed E-state index contributed by atoms with van der Waals surface area (Å²) in [6.45, 7) is 0. The molecule has 0 radical (unpaired) electrons. The number of aliphatic hydroxyl groups excluding tert-OH is 1. The number of rotatable bonds is 4. The highest BCUT2D eigenvalue weighted by molar-refractivity contribution is 6.30. The van der Waals surface area contributed by atoms with Gasteiger partial charge in [0.05, 0.1) is 6.42 Å². The number of carbonyl (C=O) groups is 4. The Bertz CT molecular complexity index is 949. The molecule has 0 saturated carbocycles. The number of carbonyl (C=O) groups excluding carboxylic acids is 4. The zero-order chi connectivity index (χ0) is 22.8. The minimum atomic E-state index is -1.45. The number of nitrogens with zero attached hydrogens (tertiary/aromatic N) is 1. The molecule has 170 valence electrons. The third-order valence-electron chi connectivity index (χ3n) is 5.91. The number of ether oxygens (including phenoxy) is 1. The number of aliphatic hydroxyl groups is 1. The summed E-state index contributed by atoms with van der Waals surface area (Å²) < 4.78 is 4.67. The van der Waals surface area contributed by atoms with E-state index >= 15 is 0 Å². The van der Waals surface area contributed by atoms with Crippen molar-refractivity contribution >= 4 is 40.9 Å². The van der Waals surface area contributed by atoms with Crippen molar-refractivity contribution in [3.8, 4) is 0 Å². The molecule has 2 amide bonds. The van der Waals surface area contributed by atoms with E-state index in [1.165, 1.54) is 4.90 Å². The molecule has 9 nitrogen and oxygen atoms in total. The lowest BCUT2D eigenvalue weighted by Crippen LogP contribution is -2.62. The Balaban J connectivity index is 1.56. The molecule has 4 rings (SSSR count). The number of Topliss-reactive ketones (excluding diaryl/α,β-unsaturated/α-hetero) is 1. The molecular weight excluding hydrogens is 438 g/mol. The van der Waals surface area contributed by atoms with Crippen molar-refractivity contribution in [1.29, 1.82) is 0 Å². The van der Waals surface area contributed by atoms with Crippen LogP contribution in [-0.2, 0) is 23.9 Å². The fraction of sp³-hybridized carbons (Fsp3) is 0.455. The SMILES string of the molecule is O=C1C[C@@H]2CC=CC[C@H](Nc3ccc(Cl)cc3)C(=O)N2[C@H](C(=O)NC2CC(=O)OC2O)C1. The number of amides is 2. The Kier molecular flexibility index (Phi) is 6.48. The molecule has 10 heteroatoms. The van der Waals surface area contributed by atoms with Gasteiger partial charge in [0.15, 0.2) is 0 Å². The standard InChI is InChI=1S/C22H24ClN3O6/c23-12-5-7-13(8-6-12)24-16-4-2-1-3-14-9-15(27)10-18(26(14)21(16)30)20(29)25-17-11-19(28)32-22(17)31/h1-2,5-8,14,16-18,22,24,31H,3-4,9-11H2,(H,25,29)/t14-,16-,17?,18-,22?/m0/s1. The number of ketones is 1. The molecule has 5 atom stereocenters. The fourth-order valence-electron chi connectivity index (χ4n) is 4.34. The highest BCUT2D eigenvalue weighted by atomic mass is 35.5. The summed E-state index contributed by atoms with van der Waals surface area (Å²) in [7, 11) is 0. The highest BCUT2D eigenvalue weighted by Gasteiger charge is 2.45. The maximum atomic E-state index is 13.6. The van der Waals surface area contributed by atoms with Gasteiger partial charge in [-0.3, -0.25) is 19.2 Å². The van der Waals surface area contributed by atoms with Gasteiger partial charge in [-0.15, -0.1) is 0 Å². The molecule has 0 spiro atoms. The molecule has 2 saturated heterocycles. The minimum absolute atomic E-state index is 0.116. The van der Waals surface area contributed by atoms with Crippen molar-refractivity contribution in [2.45, 2.75) is 62.6 Å². The van der Waals surface area contributed by atoms with Crippen LogP contribution in [0.4, 0.5) is 5.69 Å². The fourth-order valence-corrected chi connectivity index (χ4v) is 4.47. The Labute approximate surface area is 189 Å². The first kappa shape index (κ1) is 22.3. The zero-order valence-corrected chi connectivity index (χ0v) is 18.0. The summed E-state index contributed by atoms with van der Waals surface area (Å²) in [5, 5.41) is 16.2. The van der Waals surface area contributed by atoms with Crippen LogP contribution >= 0.6 is 11.6 Å². The summed E-state index contributed by atoms with van der Waals surface area (Å²) in [5.74, 6) is -1.62. The number of benzene rings is 1. The second kappa shape index (κ2) is 9.30. The van der Waals surface area contributed by atoms with Crippen LogP contribution in [0.2, 0.25) is 5.02 Å². The number of esters is 1. The van der Waals surface area contributed by atoms with Crippen LogP contribution in [0.1, 0.15) is 32.1 Å². The molecule has 32 heavy (non-hydrogen) atoms. The van der Waals surface area contributed by atoms with E-state index < -0.39 is 42.3 Å². The third kappa shape index (κ3) is 4.78. The zero-order valence-electron chi connectivity index (χ0n) is 17.2. The summed E-state index contributed by atoms with van der Waals surface area (Å²) in [6.07, 6.45) is 3.11.